The van der Waals surface area contributed by atoms with Crippen LogP contribution < -0.4 is 14.2 Å². The summed E-state index contributed by atoms with van der Waals surface area (Å²) in [6, 6.07) is 22.4. The van der Waals surface area contributed by atoms with Crippen LogP contribution in [0.25, 0.3) is 28.0 Å². The SMILES string of the molecule is COc1ccccc1-c1nccc(COc2ccccc2C[C@@H](Oc2ncnn3cc(-c4ccc(F)cc4)c(Br)c23)C(=O)O)n1. The first-order valence-corrected chi connectivity index (χ1v) is 14.5. The molecule has 0 aliphatic heterocycles. The molecule has 6 aromatic rings. The zero-order chi connectivity index (χ0) is 31.3. The van der Waals surface area contributed by atoms with Gasteiger partial charge in [0.2, 0.25) is 12.0 Å². The lowest BCUT2D eigenvalue weighted by Gasteiger charge is -2.17. The highest BCUT2D eigenvalue weighted by Gasteiger charge is 2.26. The summed E-state index contributed by atoms with van der Waals surface area (Å²) in [5, 5.41) is 14.4. The highest BCUT2D eigenvalue weighted by Crippen LogP contribution is 2.37. The molecule has 0 saturated carbocycles. The Morgan fingerprint density at radius 3 is 2.51 bits per heavy atom. The summed E-state index contributed by atoms with van der Waals surface area (Å²) >= 11 is 3.57. The highest BCUT2D eigenvalue weighted by atomic mass is 79.9. The van der Waals surface area contributed by atoms with E-state index in [1.807, 2.05) is 24.3 Å². The molecule has 0 amide bonds. The fourth-order valence-corrected chi connectivity index (χ4v) is 5.46. The Kier molecular flexibility index (Phi) is 8.65. The number of aliphatic carboxylic acids is 1. The molecule has 0 aliphatic rings. The van der Waals surface area contributed by atoms with Crippen molar-refractivity contribution in [2.45, 2.75) is 19.1 Å². The van der Waals surface area contributed by atoms with E-state index in [-0.39, 0.29) is 24.7 Å². The van der Waals surface area contributed by atoms with Crippen LogP contribution in [0.15, 0.2) is 102 Å². The number of ether oxygens (including phenoxy) is 3. The molecule has 12 heteroatoms. The smallest absolute Gasteiger partial charge is 0.345 e. The number of carboxylic acids is 1. The van der Waals surface area contributed by atoms with Crippen molar-refractivity contribution in [3.05, 3.63) is 119 Å². The van der Waals surface area contributed by atoms with Crippen LogP contribution in [0.1, 0.15) is 11.3 Å². The van der Waals surface area contributed by atoms with Crippen LogP contribution in [0.4, 0.5) is 4.39 Å². The zero-order valence-electron chi connectivity index (χ0n) is 23.8. The Bertz CT molecular complexity index is 1990. The number of carboxylic acid groups (broad SMARTS) is 1. The summed E-state index contributed by atoms with van der Waals surface area (Å²) < 4.78 is 33.2. The van der Waals surface area contributed by atoms with Gasteiger partial charge in [-0.05, 0) is 63.5 Å². The standard InChI is InChI=1S/C33H25BrFN5O5/c1-43-27-9-5-3-7-24(27)31-36-15-14-23(39-31)18-44-26-8-4-2-6-21(26)16-28(33(41)42)45-32-30-29(34)25(17-40(30)38-19-37-32)20-10-12-22(35)13-11-20/h2-15,17,19,28H,16,18H2,1H3,(H,41,42)/t28-/m1/s1. The lowest BCUT2D eigenvalue weighted by molar-refractivity contribution is -0.145. The maximum atomic E-state index is 13.5. The second kappa shape index (κ2) is 13.1. The predicted octanol–water partition coefficient (Wildman–Crippen LogP) is 6.42. The maximum absolute atomic E-state index is 13.5. The second-order valence-electron chi connectivity index (χ2n) is 9.84. The van der Waals surface area contributed by atoms with E-state index >= 15 is 0 Å². The molecule has 0 aliphatic carbocycles. The summed E-state index contributed by atoms with van der Waals surface area (Å²) in [5.41, 5.74) is 3.88. The quantitative estimate of drug-likeness (QED) is 0.167. The summed E-state index contributed by atoms with van der Waals surface area (Å²) in [7, 11) is 1.59. The van der Waals surface area contributed by atoms with E-state index in [4.69, 9.17) is 14.2 Å². The topological polar surface area (TPSA) is 121 Å². The van der Waals surface area contributed by atoms with Gasteiger partial charge in [0.1, 0.15) is 35.8 Å². The molecule has 45 heavy (non-hydrogen) atoms. The molecule has 0 saturated heterocycles. The third kappa shape index (κ3) is 6.46. The lowest BCUT2D eigenvalue weighted by atomic mass is 10.1. The van der Waals surface area contributed by atoms with Gasteiger partial charge >= 0.3 is 5.97 Å². The van der Waals surface area contributed by atoms with E-state index in [1.165, 1.54) is 23.0 Å². The summed E-state index contributed by atoms with van der Waals surface area (Å²) in [6.45, 7) is 0.121. The number of hydrogen-bond donors (Lipinski definition) is 1. The minimum absolute atomic E-state index is 0.0128. The highest BCUT2D eigenvalue weighted by molar-refractivity contribution is 9.10. The number of nitrogens with zero attached hydrogens (tertiary/aromatic N) is 5. The summed E-state index contributed by atoms with van der Waals surface area (Å²) in [6.07, 6.45) is 3.34. The van der Waals surface area contributed by atoms with E-state index in [2.05, 4.69) is 36.0 Å². The van der Waals surface area contributed by atoms with Crippen molar-refractivity contribution >= 4 is 27.4 Å². The largest absolute Gasteiger partial charge is 0.496 e. The number of hydrogen-bond acceptors (Lipinski definition) is 8. The van der Waals surface area contributed by atoms with Crippen LogP contribution in [0.2, 0.25) is 0 Å². The summed E-state index contributed by atoms with van der Waals surface area (Å²) in [5.74, 6) is 0.170. The van der Waals surface area contributed by atoms with Gasteiger partial charge in [0, 0.05) is 24.4 Å². The van der Waals surface area contributed by atoms with E-state index in [0.29, 0.717) is 44.1 Å². The third-order valence-corrected chi connectivity index (χ3v) is 7.78. The molecule has 0 spiro atoms. The maximum Gasteiger partial charge on any atom is 0.345 e. The number of rotatable bonds is 11. The van der Waals surface area contributed by atoms with Crippen LogP contribution >= 0.6 is 15.9 Å². The number of carbonyl (C=O) groups is 1. The molecule has 0 fully saturated rings. The van der Waals surface area contributed by atoms with Crippen LogP contribution in [0.5, 0.6) is 17.4 Å². The van der Waals surface area contributed by atoms with Gasteiger partial charge in [-0.25, -0.2) is 23.7 Å². The Morgan fingerprint density at radius 1 is 0.978 bits per heavy atom. The lowest BCUT2D eigenvalue weighted by Crippen LogP contribution is -2.30. The van der Waals surface area contributed by atoms with Gasteiger partial charge in [-0.15, -0.1) is 0 Å². The summed E-state index contributed by atoms with van der Waals surface area (Å²) in [4.78, 5) is 25.7. The van der Waals surface area contributed by atoms with Gasteiger partial charge in [0.15, 0.2) is 5.82 Å². The Morgan fingerprint density at radius 2 is 1.73 bits per heavy atom. The molecule has 0 radical (unpaired) electrons. The predicted molar refractivity (Wildman–Crippen MR) is 167 cm³/mol. The van der Waals surface area contributed by atoms with Gasteiger partial charge in [-0.3, -0.25) is 0 Å². The fourth-order valence-electron chi connectivity index (χ4n) is 4.78. The second-order valence-corrected chi connectivity index (χ2v) is 10.6. The Hall–Kier alpha value is -5.36. The molecular weight excluding hydrogens is 645 g/mol. The minimum atomic E-state index is -1.30. The van der Waals surface area contributed by atoms with E-state index in [9.17, 15) is 14.3 Å². The Balaban J connectivity index is 1.22. The monoisotopic (exact) mass is 669 g/mol. The molecular formula is C33H25BrFN5O5. The zero-order valence-corrected chi connectivity index (χ0v) is 25.4. The molecule has 3 aromatic carbocycles. The number of benzene rings is 3. The van der Waals surface area contributed by atoms with Crippen LogP contribution in [0.3, 0.4) is 0 Å². The molecule has 226 valence electrons. The first-order chi connectivity index (χ1) is 21.9. The third-order valence-electron chi connectivity index (χ3n) is 6.98. The average molecular weight is 670 g/mol. The first kappa shape index (κ1) is 29.7. The number of halogens is 2. The van der Waals surface area contributed by atoms with Crippen LogP contribution in [-0.2, 0) is 17.8 Å². The first-order valence-electron chi connectivity index (χ1n) is 13.7. The molecule has 3 aromatic heterocycles. The number of aromatic nitrogens is 5. The fraction of sp³-hybridized carbons (Fsp3) is 0.121. The Labute approximate surface area is 265 Å². The van der Waals surface area contributed by atoms with Crippen LogP contribution in [0, 0.1) is 5.82 Å². The van der Waals surface area contributed by atoms with Crippen molar-refractivity contribution in [1.29, 1.82) is 0 Å². The van der Waals surface area contributed by atoms with Crippen molar-refractivity contribution in [3.63, 3.8) is 0 Å². The molecule has 3 heterocycles. The van der Waals surface area contributed by atoms with E-state index in [0.717, 1.165) is 11.1 Å². The van der Waals surface area contributed by atoms with Crippen molar-refractivity contribution in [2.75, 3.05) is 7.11 Å². The minimum Gasteiger partial charge on any atom is -0.496 e. The molecule has 6 rings (SSSR count). The van der Waals surface area contributed by atoms with Crippen molar-refractivity contribution in [3.8, 4) is 39.9 Å². The van der Waals surface area contributed by atoms with Crippen molar-refractivity contribution in [2.24, 2.45) is 0 Å². The molecule has 0 unspecified atom stereocenters. The molecule has 1 N–H and O–H groups in total. The van der Waals surface area contributed by atoms with E-state index < -0.39 is 12.1 Å². The average Bonchev–Trinajstić information content (AvgIpc) is 3.41. The van der Waals surface area contributed by atoms with E-state index in [1.54, 1.807) is 62.0 Å². The van der Waals surface area contributed by atoms with Crippen LogP contribution in [-0.4, -0.2) is 48.9 Å². The molecule has 10 nitrogen and oxygen atoms in total. The van der Waals surface area contributed by atoms with Crippen molar-refractivity contribution in [1.82, 2.24) is 24.6 Å². The number of methoxy groups -OCH3 is 1. The van der Waals surface area contributed by atoms with Gasteiger partial charge in [0.25, 0.3) is 0 Å². The van der Waals surface area contributed by atoms with Crippen molar-refractivity contribution < 1.29 is 28.5 Å². The van der Waals surface area contributed by atoms with Gasteiger partial charge in [0.05, 0.1) is 22.8 Å². The number of fused-ring (bicyclic) bond motifs is 1. The molecule has 0 bridgehead atoms. The normalized spacial score (nSPS) is 11.7. The number of para-hydroxylation sites is 2. The van der Waals surface area contributed by atoms with Gasteiger partial charge in [-0.1, -0.05) is 42.5 Å². The molecule has 1 atom stereocenters. The van der Waals surface area contributed by atoms with Gasteiger partial charge in [-0.2, -0.15) is 10.1 Å². The van der Waals surface area contributed by atoms with Gasteiger partial charge < -0.3 is 19.3 Å².